The Hall–Kier alpha value is -5.26. The van der Waals surface area contributed by atoms with E-state index in [1.807, 2.05) is 68.4 Å². The minimum atomic E-state index is -3.66. The van der Waals surface area contributed by atoms with Gasteiger partial charge in [-0.2, -0.15) is 0 Å². The van der Waals surface area contributed by atoms with Crippen LogP contribution in [0.2, 0.25) is 0 Å². The van der Waals surface area contributed by atoms with Crippen LogP contribution >= 0.6 is 0 Å². The highest BCUT2D eigenvalue weighted by atomic mass is 32.2. The zero-order valence-corrected chi connectivity index (χ0v) is 28.5. The van der Waals surface area contributed by atoms with Gasteiger partial charge >= 0.3 is 5.97 Å². The van der Waals surface area contributed by atoms with Crippen LogP contribution in [0.3, 0.4) is 0 Å². The number of carbonyl (C=O) groups excluding carboxylic acids is 2. The number of aromatic nitrogens is 1. The van der Waals surface area contributed by atoms with E-state index in [0.29, 0.717) is 54.4 Å². The first-order chi connectivity index (χ1) is 23.7. The quantitative estimate of drug-likeness (QED) is 0.0897. The summed E-state index contributed by atoms with van der Waals surface area (Å²) < 4.78 is 44.4. The second-order valence-corrected chi connectivity index (χ2v) is 13.1. The first-order valence-corrected chi connectivity index (χ1v) is 17.5. The average Bonchev–Trinajstić information content (AvgIpc) is 3.51. The summed E-state index contributed by atoms with van der Waals surface area (Å²) in [6.45, 7) is 4.50. The molecule has 1 aromatic heterocycles. The molecular formula is C38H39N3O7S. The number of carbonyl (C=O) groups is 2. The van der Waals surface area contributed by atoms with Crippen molar-refractivity contribution >= 4 is 27.5 Å². The standard InChI is InChI=1S/C38H39N3O7S/c1-4-23-39-49(44,45)31-20-16-28(17-21-31)36(42)32-12-8-9-13-34(32)40-35(38(43)46-3)25-27-14-18-30(19-15-27)47-24-22-33-26(2)48-37(41-33)29-10-6-5-7-11-29/h5-21,35,39-40H,4,22-25H2,1-3H3. The van der Waals surface area contributed by atoms with Crippen molar-refractivity contribution < 1.29 is 31.9 Å². The Bertz CT molecular complexity index is 1970. The second kappa shape index (κ2) is 16.2. The SMILES string of the molecule is CCCNS(=O)(=O)c1ccc(C(=O)c2ccccc2NC(Cc2ccc(OCCc3nc(-c4ccccc4)oc3C)cc2)C(=O)OC)cc1. The maximum Gasteiger partial charge on any atom is 0.328 e. The first-order valence-electron chi connectivity index (χ1n) is 16.0. The molecule has 2 N–H and O–H groups in total. The van der Waals surface area contributed by atoms with Crippen LogP contribution in [0.25, 0.3) is 11.5 Å². The van der Waals surface area contributed by atoms with Crippen LogP contribution in [0, 0.1) is 6.92 Å². The molecule has 0 aliphatic carbocycles. The van der Waals surface area contributed by atoms with E-state index in [-0.39, 0.29) is 17.1 Å². The molecule has 49 heavy (non-hydrogen) atoms. The fraction of sp³-hybridized carbons (Fsp3) is 0.237. The minimum Gasteiger partial charge on any atom is -0.493 e. The summed E-state index contributed by atoms with van der Waals surface area (Å²) in [5.74, 6) is 1.20. The third-order valence-electron chi connectivity index (χ3n) is 7.84. The van der Waals surface area contributed by atoms with Gasteiger partial charge in [-0.3, -0.25) is 4.79 Å². The number of aryl methyl sites for hydroxylation is 1. The van der Waals surface area contributed by atoms with Crippen LogP contribution in [0.15, 0.2) is 112 Å². The predicted octanol–water partition coefficient (Wildman–Crippen LogP) is 6.39. The molecule has 5 rings (SSSR count). The van der Waals surface area contributed by atoms with E-state index in [1.54, 1.807) is 24.3 Å². The summed E-state index contributed by atoms with van der Waals surface area (Å²) in [6.07, 6.45) is 1.52. The van der Waals surface area contributed by atoms with Crippen LogP contribution in [0.4, 0.5) is 5.69 Å². The molecule has 0 aliphatic rings. The van der Waals surface area contributed by atoms with Crippen LogP contribution in [-0.2, 0) is 32.4 Å². The van der Waals surface area contributed by atoms with Gasteiger partial charge in [0.05, 0.1) is 24.3 Å². The molecule has 1 atom stereocenters. The Balaban J connectivity index is 1.22. The first kappa shape index (κ1) is 35.1. The molecule has 254 valence electrons. The molecular weight excluding hydrogens is 642 g/mol. The van der Waals surface area contributed by atoms with E-state index in [1.165, 1.54) is 31.4 Å². The molecule has 0 fully saturated rings. The van der Waals surface area contributed by atoms with Crippen molar-refractivity contribution in [1.29, 1.82) is 0 Å². The van der Waals surface area contributed by atoms with Crippen molar-refractivity contribution in [2.75, 3.05) is 25.6 Å². The lowest BCUT2D eigenvalue weighted by Crippen LogP contribution is -2.33. The Morgan fingerprint density at radius 2 is 1.59 bits per heavy atom. The van der Waals surface area contributed by atoms with E-state index in [4.69, 9.17) is 13.9 Å². The smallest absolute Gasteiger partial charge is 0.328 e. The normalized spacial score (nSPS) is 11.9. The molecule has 11 heteroatoms. The molecule has 10 nitrogen and oxygen atoms in total. The number of sulfonamides is 1. The van der Waals surface area contributed by atoms with Gasteiger partial charge in [-0.25, -0.2) is 22.9 Å². The number of oxazole rings is 1. The molecule has 0 spiro atoms. The number of nitrogens with one attached hydrogen (secondary N) is 2. The van der Waals surface area contributed by atoms with E-state index in [0.717, 1.165) is 22.6 Å². The molecule has 1 unspecified atom stereocenters. The maximum atomic E-state index is 13.5. The van der Waals surface area contributed by atoms with Gasteiger partial charge in [-0.1, -0.05) is 49.4 Å². The number of esters is 1. The van der Waals surface area contributed by atoms with Crippen LogP contribution in [0.1, 0.15) is 46.3 Å². The van der Waals surface area contributed by atoms with Gasteiger partial charge in [0.1, 0.15) is 17.6 Å². The van der Waals surface area contributed by atoms with Crippen molar-refractivity contribution in [3.05, 3.63) is 131 Å². The fourth-order valence-electron chi connectivity index (χ4n) is 5.18. The van der Waals surface area contributed by atoms with E-state index in [2.05, 4.69) is 15.0 Å². The third kappa shape index (κ3) is 9.01. The number of ether oxygens (including phenoxy) is 2. The predicted molar refractivity (Wildman–Crippen MR) is 187 cm³/mol. The topological polar surface area (TPSA) is 137 Å². The minimum absolute atomic E-state index is 0.0774. The number of para-hydroxylation sites is 1. The lowest BCUT2D eigenvalue weighted by Gasteiger charge is -2.20. The zero-order chi connectivity index (χ0) is 34.8. The lowest BCUT2D eigenvalue weighted by molar-refractivity contribution is -0.141. The summed E-state index contributed by atoms with van der Waals surface area (Å²) in [4.78, 5) is 31.1. The van der Waals surface area contributed by atoms with Crippen LogP contribution < -0.4 is 14.8 Å². The van der Waals surface area contributed by atoms with Gasteiger partial charge in [0, 0.05) is 41.8 Å². The lowest BCUT2D eigenvalue weighted by atomic mass is 10.00. The number of anilines is 1. The van der Waals surface area contributed by atoms with Gasteiger partial charge in [-0.15, -0.1) is 0 Å². The van der Waals surface area contributed by atoms with Crippen molar-refractivity contribution in [2.45, 2.75) is 44.0 Å². The van der Waals surface area contributed by atoms with Gasteiger partial charge < -0.3 is 19.2 Å². The van der Waals surface area contributed by atoms with Gasteiger partial charge in [0.15, 0.2) is 5.78 Å². The highest BCUT2D eigenvalue weighted by molar-refractivity contribution is 7.89. The number of ketones is 1. The van der Waals surface area contributed by atoms with Gasteiger partial charge in [0.2, 0.25) is 15.9 Å². The molecule has 0 saturated carbocycles. The van der Waals surface area contributed by atoms with Crippen molar-refractivity contribution in [2.24, 2.45) is 0 Å². The molecule has 5 aromatic rings. The number of rotatable bonds is 16. The summed E-state index contributed by atoms with van der Waals surface area (Å²) in [5, 5.41) is 3.19. The fourth-order valence-corrected chi connectivity index (χ4v) is 6.31. The monoisotopic (exact) mass is 681 g/mol. The van der Waals surface area contributed by atoms with Crippen molar-refractivity contribution in [3.8, 4) is 17.2 Å². The third-order valence-corrected chi connectivity index (χ3v) is 9.32. The molecule has 0 radical (unpaired) electrons. The Kier molecular flexibility index (Phi) is 11.6. The maximum absolute atomic E-state index is 13.5. The molecule has 4 aromatic carbocycles. The van der Waals surface area contributed by atoms with Crippen molar-refractivity contribution in [3.63, 3.8) is 0 Å². The van der Waals surface area contributed by atoms with E-state index < -0.39 is 22.0 Å². The number of methoxy groups -OCH3 is 1. The Labute approximate surface area is 286 Å². The number of hydrogen-bond acceptors (Lipinski definition) is 9. The van der Waals surface area contributed by atoms with Crippen LogP contribution in [-0.4, -0.2) is 51.5 Å². The number of nitrogens with zero attached hydrogens (tertiary/aromatic N) is 1. The number of hydrogen-bond donors (Lipinski definition) is 2. The van der Waals surface area contributed by atoms with Crippen LogP contribution in [0.5, 0.6) is 5.75 Å². The summed E-state index contributed by atoms with van der Waals surface area (Å²) in [7, 11) is -2.35. The summed E-state index contributed by atoms with van der Waals surface area (Å²) >= 11 is 0. The Morgan fingerprint density at radius 3 is 2.29 bits per heavy atom. The molecule has 0 aliphatic heterocycles. The second-order valence-electron chi connectivity index (χ2n) is 11.4. The molecule has 0 saturated heterocycles. The highest BCUT2D eigenvalue weighted by Crippen LogP contribution is 2.24. The van der Waals surface area contributed by atoms with Gasteiger partial charge in [0.25, 0.3) is 0 Å². The zero-order valence-electron chi connectivity index (χ0n) is 27.6. The average molecular weight is 682 g/mol. The molecule has 0 bridgehead atoms. The van der Waals surface area contributed by atoms with E-state index in [9.17, 15) is 18.0 Å². The molecule has 1 heterocycles. The number of benzene rings is 4. The summed E-state index contributed by atoms with van der Waals surface area (Å²) in [6, 6.07) is 29.0. The largest absolute Gasteiger partial charge is 0.493 e. The molecule has 0 amide bonds. The van der Waals surface area contributed by atoms with E-state index >= 15 is 0 Å². The summed E-state index contributed by atoms with van der Waals surface area (Å²) in [5.41, 5.74) is 3.70. The van der Waals surface area contributed by atoms with Gasteiger partial charge in [-0.05, 0) is 79.6 Å². The van der Waals surface area contributed by atoms with Crippen molar-refractivity contribution in [1.82, 2.24) is 9.71 Å². The highest BCUT2D eigenvalue weighted by Gasteiger charge is 2.23. The Morgan fingerprint density at radius 1 is 0.898 bits per heavy atom.